The van der Waals surface area contributed by atoms with Crippen molar-refractivity contribution in [1.29, 1.82) is 5.26 Å². The molecule has 0 heterocycles. The maximum atomic E-state index is 9.22. The van der Waals surface area contributed by atoms with Gasteiger partial charge in [0.15, 0.2) is 5.71 Å². The molecule has 4 nitrogen and oxygen atoms in total. The molecule has 0 bridgehead atoms. The van der Waals surface area contributed by atoms with Crippen LogP contribution in [0.15, 0.2) is 59.8 Å². The summed E-state index contributed by atoms with van der Waals surface area (Å²) in [7, 11) is 1.42. The van der Waals surface area contributed by atoms with Gasteiger partial charge in [-0.1, -0.05) is 59.8 Å². The number of nitrogens with zero attached hydrogens (tertiary/aromatic N) is 2. The largest absolute Gasteiger partial charge is 0.488 e. The molecule has 0 spiro atoms. The highest BCUT2D eigenvalue weighted by Crippen LogP contribution is 2.21. The predicted molar refractivity (Wildman–Crippen MR) is 91.1 cm³/mol. The zero-order chi connectivity index (χ0) is 16.5. The van der Waals surface area contributed by atoms with E-state index in [0.717, 1.165) is 16.9 Å². The summed E-state index contributed by atoms with van der Waals surface area (Å²) < 4.78 is 5.93. The summed E-state index contributed by atoms with van der Waals surface area (Å²) in [5.74, 6) is 0.794. The number of oxime groups is 1. The van der Waals surface area contributed by atoms with E-state index in [0.29, 0.717) is 12.2 Å². The third kappa shape index (κ3) is 4.21. The van der Waals surface area contributed by atoms with Gasteiger partial charge in [-0.3, -0.25) is 0 Å². The maximum absolute atomic E-state index is 9.22. The first-order chi connectivity index (χ1) is 11.3. The van der Waals surface area contributed by atoms with Crippen LogP contribution in [0, 0.1) is 11.3 Å². The molecule has 2 rings (SSSR count). The van der Waals surface area contributed by atoms with E-state index in [4.69, 9.17) is 9.57 Å². The van der Waals surface area contributed by atoms with Gasteiger partial charge in [0, 0.05) is 11.1 Å². The molecule has 0 aliphatic heterocycles. The van der Waals surface area contributed by atoms with Gasteiger partial charge in [-0.2, -0.15) is 5.26 Å². The van der Waals surface area contributed by atoms with Crippen molar-refractivity contribution in [3.63, 3.8) is 0 Å². The Bertz CT molecular complexity index is 758. The predicted octanol–water partition coefficient (Wildman–Crippen LogP) is 4.17. The molecule has 0 aromatic heterocycles. The molecule has 2 aromatic carbocycles. The molecular formula is C19H18N2O2. The molecule has 4 heteroatoms. The highest BCUT2D eigenvalue weighted by atomic mass is 16.6. The van der Waals surface area contributed by atoms with Crippen LogP contribution in [0.25, 0.3) is 6.08 Å². The van der Waals surface area contributed by atoms with Crippen LogP contribution in [0.5, 0.6) is 5.75 Å². The molecule has 0 aliphatic rings. The minimum atomic E-state index is 0.230. The van der Waals surface area contributed by atoms with Gasteiger partial charge >= 0.3 is 0 Å². The van der Waals surface area contributed by atoms with Gasteiger partial charge in [0.25, 0.3) is 0 Å². The van der Waals surface area contributed by atoms with Crippen molar-refractivity contribution in [3.8, 4) is 11.8 Å². The van der Waals surface area contributed by atoms with Crippen LogP contribution in [-0.4, -0.2) is 12.8 Å². The fourth-order valence-corrected chi connectivity index (χ4v) is 2.18. The molecular weight excluding hydrogens is 288 g/mol. The van der Waals surface area contributed by atoms with Crippen molar-refractivity contribution in [2.45, 2.75) is 13.5 Å². The summed E-state index contributed by atoms with van der Waals surface area (Å²) in [6.07, 6.45) is 3.96. The topological polar surface area (TPSA) is 54.6 Å². The Morgan fingerprint density at radius 1 is 1.17 bits per heavy atom. The lowest BCUT2D eigenvalue weighted by Gasteiger charge is -2.11. The van der Waals surface area contributed by atoms with Gasteiger partial charge in [-0.15, -0.1) is 0 Å². The van der Waals surface area contributed by atoms with Crippen molar-refractivity contribution < 1.29 is 9.57 Å². The number of hydrogen-bond acceptors (Lipinski definition) is 4. The Hall–Kier alpha value is -3.06. The van der Waals surface area contributed by atoms with Crippen LogP contribution in [0.4, 0.5) is 0 Å². The quantitative estimate of drug-likeness (QED) is 0.594. The van der Waals surface area contributed by atoms with E-state index in [1.807, 2.05) is 73.7 Å². The number of para-hydroxylation sites is 1. The first kappa shape index (κ1) is 16.3. The standard InChI is InChI=1S/C19H18N2O2/c1-3-8-15-9-5-7-12-19(15)23-14-16-10-4-6-11-17(16)18(13-20)21-22-2/h3-12H,14H2,1-2H3. The van der Waals surface area contributed by atoms with Gasteiger partial charge in [-0.25, -0.2) is 0 Å². The van der Waals surface area contributed by atoms with Crippen LogP contribution < -0.4 is 4.74 Å². The van der Waals surface area contributed by atoms with Crippen molar-refractivity contribution in [2.75, 3.05) is 7.11 Å². The van der Waals surface area contributed by atoms with Gasteiger partial charge in [0.2, 0.25) is 0 Å². The lowest BCUT2D eigenvalue weighted by Crippen LogP contribution is -2.06. The van der Waals surface area contributed by atoms with Crippen LogP contribution in [0.3, 0.4) is 0 Å². The van der Waals surface area contributed by atoms with E-state index >= 15 is 0 Å². The first-order valence-electron chi connectivity index (χ1n) is 7.24. The lowest BCUT2D eigenvalue weighted by atomic mass is 10.0. The summed E-state index contributed by atoms with van der Waals surface area (Å²) in [4.78, 5) is 4.73. The molecule has 0 amide bonds. The molecule has 0 saturated heterocycles. The fourth-order valence-electron chi connectivity index (χ4n) is 2.18. The van der Waals surface area contributed by atoms with E-state index in [1.54, 1.807) is 0 Å². The molecule has 0 radical (unpaired) electrons. The summed E-state index contributed by atoms with van der Waals surface area (Å²) in [6.45, 7) is 2.31. The molecule has 0 N–H and O–H groups in total. The zero-order valence-corrected chi connectivity index (χ0v) is 13.2. The number of benzene rings is 2. The Labute approximate surface area is 136 Å². The van der Waals surface area contributed by atoms with E-state index in [9.17, 15) is 5.26 Å². The van der Waals surface area contributed by atoms with Gasteiger partial charge in [-0.05, 0) is 18.6 Å². The minimum absolute atomic E-state index is 0.230. The van der Waals surface area contributed by atoms with Gasteiger partial charge in [0.05, 0.1) is 0 Å². The second-order valence-electron chi connectivity index (χ2n) is 4.72. The second-order valence-corrected chi connectivity index (χ2v) is 4.72. The maximum Gasteiger partial charge on any atom is 0.187 e. The molecule has 116 valence electrons. The SMILES string of the molecule is CC=Cc1ccccc1OCc1ccccc1C(C#N)=NOC. The number of allylic oxidation sites excluding steroid dienone is 1. The smallest absolute Gasteiger partial charge is 0.187 e. The average molecular weight is 306 g/mol. The van der Waals surface area contributed by atoms with E-state index in [2.05, 4.69) is 5.16 Å². The molecule has 2 aromatic rings. The Kier molecular flexibility index (Phi) is 5.96. The highest BCUT2D eigenvalue weighted by Gasteiger charge is 2.10. The van der Waals surface area contributed by atoms with Crippen LogP contribution in [-0.2, 0) is 11.4 Å². The summed E-state index contributed by atoms with van der Waals surface area (Å²) >= 11 is 0. The first-order valence-corrected chi connectivity index (χ1v) is 7.24. The molecule has 0 saturated carbocycles. The zero-order valence-electron chi connectivity index (χ0n) is 13.2. The summed E-state index contributed by atoms with van der Waals surface area (Å²) in [5, 5.41) is 13.0. The third-order valence-electron chi connectivity index (χ3n) is 3.21. The number of nitriles is 1. The van der Waals surface area contributed by atoms with Crippen molar-refractivity contribution in [3.05, 3.63) is 71.3 Å². The monoisotopic (exact) mass is 306 g/mol. The molecule has 0 fully saturated rings. The van der Waals surface area contributed by atoms with Gasteiger partial charge < -0.3 is 9.57 Å². The summed E-state index contributed by atoms with van der Waals surface area (Å²) in [5.41, 5.74) is 2.83. The Morgan fingerprint density at radius 3 is 2.65 bits per heavy atom. The number of ether oxygens (including phenoxy) is 1. The van der Waals surface area contributed by atoms with Crippen molar-refractivity contribution >= 4 is 11.8 Å². The van der Waals surface area contributed by atoms with Crippen LogP contribution >= 0.6 is 0 Å². The molecule has 0 unspecified atom stereocenters. The van der Waals surface area contributed by atoms with E-state index in [-0.39, 0.29) is 5.71 Å². The molecule has 23 heavy (non-hydrogen) atoms. The number of hydrogen-bond donors (Lipinski definition) is 0. The fraction of sp³-hybridized carbons (Fsp3) is 0.158. The van der Waals surface area contributed by atoms with Crippen LogP contribution in [0.2, 0.25) is 0 Å². The minimum Gasteiger partial charge on any atom is -0.488 e. The Balaban J connectivity index is 2.26. The summed E-state index contributed by atoms with van der Waals surface area (Å²) in [6, 6.07) is 17.4. The average Bonchev–Trinajstić information content (AvgIpc) is 2.59. The molecule has 0 aliphatic carbocycles. The highest BCUT2D eigenvalue weighted by molar-refractivity contribution is 6.12. The van der Waals surface area contributed by atoms with E-state index in [1.165, 1.54) is 7.11 Å². The van der Waals surface area contributed by atoms with Crippen molar-refractivity contribution in [2.24, 2.45) is 5.16 Å². The number of rotatable bonds is 6. The normalized spacial score (nSPS) is 11.3. The van der Waals surface area contributed by atoms with Gasteiger partial charge in [0.1, 0.15) is 25.5 Å². The molecule has 0 atom stereocenters. The lowest BCUT2D eigenvalue weighted by molar-refractivity contribution is 0.214. The van der Waals surface area contributed by atoms with Crippen molar-refractivity contribution in [1.82, 2.24) is 0 Å². The van der Waals surface area contributed by atoms with E-state index < -0.39 is 0 Å². The van der Waals surface area contributed by atoms with Crippen LogP contribution in [0.1, 0.15) is 23.6 Å². The Morgan fingerprint density at radius 2 is 1.91 bits per heavy atom. The third-order valence-corrected chi connectivity index (χ3v) is 3.21. The second kappa shape index (κ2) is 8.40.